The summed E-state index contributed by atoms with van der Waals surface area (Å²) in [7, 11) is 0. The molecule has 2 saturated heterocycles. The van der Waals surface area contributed by atoms with Crippen LogP contribution in [0.15, 0.2) is 0 Å². The maximum absolute atomic E-state index is 6.23. The summed E-state index contributed by atoms with van der Waals surface area (Å²) >= 11 is 0. The van der Waals surface area contributed by atoms with Crippen molar-refractivity contribution in [2.75, 3.05) is 66.1 Å². The van der Waals surface area contributed by atoms with E-state index in [1.54, 1.807) is 0 Å². The van der Waals surface area contributed by atoms with E-state index < -0.39 is 0 Å². The van der Waals surface area contributed by atoms with Gasteiger partial charge >= 0.3 is 0 Å². The molecular weight excluding hydrogens is 344 g/mol. The maximum atomic E-state index is 6.23. The van der Waals surface area contributed by atoms with Crippen molar-refractivity contribution in [2.24, 2.45) is 16.2 Å². The van der Waals surface area contributed by atoms with Crippen molar-refractivity contribution in [2.45, 2.75) is 59.8 Å². The van der Waals surface area contributed by atoms with Crippen LogP contribution < -0.4 is 0 Å². The number of rotatable bonds is 16. The molecule has 5 nitrogen and oxygen atoms in total. The first-order valence-corrected chi connectivity index (χ1v) is 11.0. The van der Waals surface area contributed by atoms with Gasteiger partial charge in [-0.1, -0.05) is 34.1 Å². The summed E-state index contributed by atoms with van der Waals surface area (Å²) in [6.45, 7) is 16.6. The highest BCUT2D eigenvalue weighted by Crippen LogP contribution is 2.34. The zero-order valence-corrected chi connectivity index (χ0v) is 18.1. The molecule has 2 aliphatic heterocycles. The van der Waals surface area contributed by atoms with Crippen LogP contribution in [0.25, 0.3) is 0 Å². The second-order valence-corrected chi connectivity index (χ2v) is 8.94. The smallest absolute Gasteiger partial charge is 0.0566 e. The van der Waals surface area contributed by atoms with Gasteiger partial charge in [0.05, 0.1) is 59.5 Å². The van der Waals surface area contributed by atoms with Crippen LogP contribution in [0.2, 0.25) is 0 Å². The molecule has 160 valence electrons. The minimum Gasteiger partial charge on any atom is -0.381 e. The van der Waals surface area contributed by atoms with Crippen molar-refractivity contribution in [3.05, 3.63) is 0 Å². The van der Waals surface area contributed by atoms with Gasteiger partial charge < -0.3 is 23.7 Å². The summed E-state index contributed by atoms with van der Waals surface area (Å²) in [6.07, 6.45) is 5.46. The average Bonchev–Trinajstić information content (AvgIpc) is 2.62. The SMILES string of the molecule is CCCCOCC(CC)(COCC1(CC)COC1)COCC1(CC)COC1. The lowest BCUT2D eigenvalue weighted by atomic mass is 9.83. The minimum atomic E-state index is -0.0766. The lowest BCUT2D eigenvalue weighted by molar-refractivity contribution is -0.177. The molecule has 0 aliphatic carbocycles. The number of hydrogen-bond donors (Lipinski definition) is 0. The maximum Gasteiger partial charge on any atom is 0.0566 e. The molecule has 0 N–H and O–H groups in total. The van der Waals surface area contributed by atoms with Crippen molar-refractivity contribution in [1.29, 1.82) is 0 Å². The Hall–Kier alpha value is -0.200. The molecule has 0 aromatic carbocycles. The van der Waals surface area contributed by atoms with Crippen LogP contribution >= 0.6 is 0 Å². The van der Waals surface area contributed by atoms with Gasteiger partial charge in [0.25, 0.3) is 0 Å². The van der Waals surface area contributed by atoms with Crippen LogP contribution in [0.4, 0.5) is 0 Å². The Balaban J connectivity index is 1.84. The van der Waals surface area contributed by atoms with E-state index in [9.17, 15) is 0 Å². The standard InChI is InChI=1S/C22H42O5/c1-5-9-10-23-11-20(6-2,12-24-14-21(7-3)16-26-17-21)13-25-15-22(8-4)18-27-19-22/h5-19H2,1-4H3. The van der Waals surface area contributed by atoms with Gasteiger partial charge in [0.1, 0.15) is 0 Å². The van der Waals surface area contributed by atoms with Crippen molar-refractivity contribution in [3.63, 3.8) is 0 Å². The fourth-order valence-electron chi connectivity index (χ4n) is 3.49. The largest absolute Gasteiger partial charge is 0.381 e. The third kappa shape index (κ3) is 6.40. The van der Waals surface area contributed by atoms with E-state index in [0.717, 1.165) is 78.4 Å². The van der Waals surface area contributed by atoms with E-state index in [1.807, 2.05) is 0 Å². The Bertz CT molecular complexity index is 364. The minimum absolute atomic E-state index is 0.0766. The molecule has 0 aromatic heterocycles. The summed E-state index contributed by atoms with van der Waals surface area (Å²) < 4.78 is 29.3. The molecule has 0 atom stereocenters. The monoisotopic (exact) mass is 386 g/mol. The molecule has 0 aromatic rings. The molecule has 0 saturated carbocycles. The first kappa shape index (κ1) is 23.1. The Kier molecular flexibility index (Phi) is 9.49. The van der Waals surface area contributed by atoms with Gasteiger partial charge in [0, 0.05) is 22.9 Å². The third-order valence-corrected chi connectivity index (χ3v) is 6.57. The molecule has 0 radical (unpaired) electrons. The second kappa shape index (κ2) is 11.1. The summed E-state index contributed by atoms with van der Waals surface area (Å²) in [5, 5.41) is 0. The Morgan fingerprint density at radius 2 is 1.22 bits per heavy atom. The first-order valence-electron chi connectivity index (χ1n) is 11.0. The zero-order valence-electron chi connectivity index (χ0n) is 18.1. The molecular formula is C22H42O5. The normalized spacial score (nSPS) is 20.9. The average molecular weight is 387 g/mol. The van der Waals surface area contributed by atoms with Crippen LogP contribution in [0.3, 0.4) is 0 Å². The van der Waals surface area contributed by atoms with Gasteiger partial charge in [-0.25, -0.2) is 0 Å². The Morgan fingerprint density at radius 3 is 1.56 bits per heavy atom. The van der Waals surface area contributed by atoms with Crippen LogP contribution in [0.1, 0.15) is 59.8 Å². The van der Waals surface area contributed by atoms with Gasteiger partial charge in [-0.05, 0) is 25.7 Å². The van der Waals surface area contributed by atoms with Crippen molar-refractivity contribution in [3.8, 4) is 0 Å². The zero-order chi connectivity index (χ0) is 19.6. The molecule has 2 fully saturated rings. The van der Waals surface area contributed by atoms with Crippen molar-refractivity contribution < 1.29 is 23.7 Å². The van der Waals surface area contributed by atoms with E-state index in [-0.39, 0.29) is 16.2 Å². The molecule has 2 rings (SSSR count). The van der Waals surface area contributed by atoms with E-state index in [4.69, 9.17) is 23.7 Å². The molecule has 27 heavy (non-hydrogen) atoms. The summed E-state index contributed by atoms with van der Waals surface area (Å²) in [5.74, 6) is 0. The number of ether oxygens (including phenoxy) is 5. The molecule has 0 unspecified atom stereocenters. The van der Waals surface area contributed by atoms with E-state index >= 15 is 0 Å². The van der Waals surface area contributed by atoms with Crippen LogP contribution in [0.5, 0.6) is 0 Å². The highest BCUT2D eigenvalue weighted by Gasteiger charge is 2.40. The third-order valence-electron chi connectivity index (χ3n) is 6.57. The Labute approximate surface area is 166 Å². The number of unbranched alkanes of at least 4 members (excludes halogenated alkanes) is 1. The summed E-state index contributed by atoms with van der Waals surface area (Å²) in [6, 6.07) is 0. The molecule has 0 bridgehead atoms. The van der Waals surface area contributed by atoms with Gasteiger partial charge in [-0.3, -0.25) is 0 Å². The van der Waals surface area contributed by atoms with Gasteiger partial charge in [0.2, 0.25) is 0 Å². The second-order valence-electron chi connectivity index (χ2n) is 8.94. The quantitative estimate of drug-likeness (QED) is 0.374. The molecule has 0 amide bonds. The van der Waals surface area contributed by atoms with Gasteiger partial charge in [0.15, 0.2) is 0 Å². The topological polar surface area (TPSA) is 46.2 Å². The predicted molar refractivity (Wildman–Crippen MR) is 107 cm³/mol. The lowest BCUT2D eigenvalue weighted by Gasteiger charge is -2.43. The molecule has 5 heteroatoms. The van der Waals surface area contributed by atoms with Crippen molar-refractivity contribution in [1.82, 2.24) is 0 Å². The van der Waals surface area contributed by atoms with Crippen LogP contribution in [0, 0.1) is 16.2 Å². The fourth-order valence-corrected chi connectivity index (χ4v) is 3.49. The van der Waals surface area contributed by atoms with E-state index in [1.165, 1.54) is 0 Å². The molecule has 0 spiro atoms. The summed E-state index contributed by atoms with van der Waals surface area (Å²) in [4.78, 5) is 0. The van der Waals surface area contributed by atoms with Gasteiger partial charge in [-0.2, -0.15) is 0 Å². The highest BCUT2D eigenvalue weighted by atomic mass is 16.5. The number of hydrogen-bond acceptors (Lipinski definition) is 5. The summed E-state index contributed by atoms with van der Waals surface area (Å²) in [5.41, 5.74) is 0.366. The van der Waals surface area contributed by atoms with Gasteiger partial charge in [-0.15, -0.1) is 0 Å². The first-order chi connectivity index (χ1) is 13.1. The van der Waals surface area contributed by atoms with Crippen LogP contribution in [-0.4, -0.2) is 66.1 Å². The van der Waals surface area contributed by atoms with E-state index in [0.29, 0.717) is 19.8 Å². The van der Waals surface area contributed by atoms with E-state index in [2.05, 4.69) is 27.7 Å². The van der Waals surface area contributed by atoms with Crippen molar-refractivity contribution >= 4 is 0 Å². The molecule has 2 heterocycles. The predicted octanol–water partition coefficient (Wildman–Crippen LogP) is 4.09. The van der Waals surface area contributed by atoms with Crippen LogP contribution in [-0.2, 0) is 23.7 Å². The Morgan fingerprint density at radius 1 is 0.741 bits per heavy atom. The molecule has 2 aliphatic rings. The fraction of sp³-hybridized carbons (Fsp3) is 1.00. The highest BCUT2D eigenvalue weighted by molar-refractivity contribution is 4.87. The lowest BCUT2D eigenvalue weighted by Crippen LogP contribution is -2.48.